The van der Waals surface area contributed by atoms with Crippen molar-refractivity contribution >= 4 is 34.5 Å². The molecule has 0 atom stereocenters. The van der Waals surface area contributed by atoms with Gasteiger partial charge in [0.15, 0.2) is 29.0 Å². The summed E-state index contributed by atoms with van der Waals surface area (Å²) in [6.45, 7) is 6.38. The molecule has 4 heterocycles. The molecule has 1 saturated carbocycles. The van der Waals surface area contributed by atoms with E-state index in [0.29, 0.717) is 25.0 Å². The molecule has 2 aliphatic heterocycles. The maximum atomic E-state index is 14.3. The second-order valence-corrected chi connectivity index (χ2v) is 10.5. The van der Waals surface area contributed by atoms with E-state index in [2.05, 4.69) is 20.1 Å². The molecule has 3 aromatic rings. The highest BCUT2D eigenvalue weighted by atomic mass is 19.4. The molecule has 14 heteroatoms. The van der Waals surface area contributed by atoms with Gasteiger partial charge in [-0.1, -0.05) is 6.07 Å². The minimum Gasteiger partial charge on any atom is -0.487 e. The molecule has 3 aliphatic rings. The van der Waals surface area contributed by atoms with Crippen LogP contribution in [0.3, 0.4) is 0 Å². The SMILES string of the molecule is Cc1ccc(OC2CCN(c3nc4c(N5CCOCC5)nccc4nc3NC3CC3)CC2)c(F)c1.O=C(O)C(F)(F)F. The lowest BCUT2D eigenvalue weighted by Gasteiger charge is -2.34. The van der Waals surface area contributed by atoms with Crippen molar-refractivity contribution in [3.05, 3.63) is 41.8 Å². The molecule has 226 valence electrons. The Balaban J connectivity index is 0.000000451. The van der Waals surface area contributed by atoms with Gasteiger partial charge in [-0.3, -0.25) is 0 Å². The Morgan fingerprint density at radius 2 is 1.69 bits per heavy atom. The number of ether oxygens (including phenoxy) is 2. The average Bonchev–Trinajstić information content (AvgIpc) is 3.79. The van der Waals surface area contributed by atoms with Gasteiger partial charge in [-0.2, -0.15) is 13.2 Å². The van der Waals surface area contributed by atoms with Crippen LogP contribution in [-0.2, 0) is 9.53 Å². The van der Waals surface area contributed by atoms with Gasteiger partial charge in [-0.25, -0.2) is 24.1 Å². The van der Waals surface area contributed by atoms with E-state index >= 15 is 0 Å². The number of nitrogens with zero attached hydrogens (tertiary/aromatic N) is 5. The van der Waals surface area contributed by atoms with Gasteiger partial charge in [-0.15, -0.1) is 0 Å². The molecule has 2 aromatic heterocycles. The number of piperidine rings is 1. The Bertz CT molecular complexity index is 1410. The van der Waals surface area contributed by atoms with Crippen LogP contribution < -0.4 is 19.9 Å². The number of carboxylic acids is 1. The van der Waals surface area contributed by atoms with Crippen molar-refractivity contribution in [1.82, 2.24) is 15.0 Å². The zero-order chi connectivity index (χ0) is 29.9. The quantitative estimate of drug-likeness (QED) is 0.395. The van der Waals surface area contributed by atoms with Crippen LogP contribution >= 0.6 is 0 Å². The molecule has 0 radical (unpaired) electrons. The van der Waals surface area contributed by atoms with Crippen LogP contribution in [0.2, 0.25) is 0 Å². The number of halogens is 4. The first kappa shape index (κ1) is 29.5. The Morgan fingerprint density at radius 3 is 2.31 bits per heavy atom. The van der Waals surface area contributed by atoms with E-state index in [0.717, 1.165) is 85.9 Å². The number of anilines is 3. The number of hydrogen-bond acceptors (Lipinski definition) is 9. The van der Waals surface area contributed by atoms with Crippen LogP contribution in [0.15, 0.2) is 30.5 Å². The first-order chi connectivity index (χ1) is 20.1. The monoisotopic (exact) mass is 592 g/mol. The van der Waals surface area contributed by atoms with Crippen LogP contribution in [0.5, 0.6) is 5.75 Å². The molecule has 2 N–H and O–H groups in total. The first-order valence-electron chi connectivity index (χ1n) is 13.8. The van der Waals surface area contributed by atoms with Crippen molar-refractivity contribution in [2.75, 3.05) is 54.5 Å². The summed E-state index contributed by atoms with van der Waals surface area (Å²) >= 11 is 0. The minimum absolute atomic E-state index is 0.0257. The summed E-state index contributed by atoms with van der Waals surface area (Å²) in [6, 6.07) is 7.53. The van der Waals surface area contributed by atoms with Gasteiger partial charge in [0.05, 0.1) is 18.7 Å². The number of morpholine rings is 1. The lowest BCUT2D eigenvalue weighted by molar-refractivity contribution is -0.192. The van der Waals surface area contributed by atoms with E-state index < -0.39 is 12.1 Å². The third-order valence-corrected chi connectivity index (χ3v) is 7.14. The van der Waals surface area contributed by atoms with Gasteiger partial charge in [0.25, 0.3) is 0 Å². The van der Waals surface area contributed by atoms with Gasteiger partial charge < -0.3 is 29.7 Å². The fraction of sp³-hybridized carbons (Fsp3) is 0.500. The van der Waals surface area contributed by atoms with E-state index in [1.807, 2.05) is 25.3 Å². The van der Waals surface area contributed by atoms with Gasteiger partial charge in [0, 0.05) is 51.3 Å². The highest BCUT2D eigenvalue weighted by Crippen LogP contribution is 2.34. The van der Waals surface area contributed by atoms with Crippen molar-refractivity contribution < 1.29 is 36.9 Å². The minimum atomic E-state index is -5.08. The Labute approximate surface area is 239 Å². The van der Waals surface area contributed by atoms with E-state index in [1.165, 1.54) is 6.07 Å². The highest BCUT2D eigenvalue weighted by molar-refractivity contribution is 5.89. The van der Waals surface area contributed by atoms with Gasteiger partial charge in [-0.05, 0) is 43.5 Å². The lowest BCUT2D eigenvalue weighted by Crippen LogP contribution is -2.39. The van der Waals surface area contributed by atoms with E-state index in [9.17, 15) is 17.6 Å². The Hall–Kier alpha value is -3.94. The van der Waals surface area contributed by atoms with Crippen molar-refractivity contribution in [1.29, 1.82) is 0 Å². The number of aryl methyl sites for hydroxylation is 1. The number of pyridine rings is 1. The Kier molecular flexibility index (Phi) is 8.80. The molecule has 1 aliphatic carbocycles. The largest absolute Gasteiger partial charge is 0.490 e. The molecular weight excluding hydrogens is 560 g/mol. The van der Waals surface area contributed by atoms with Gasteiger partial charge in [0.2, 0.25) is 0 Å². The third-order valence-electron chi connectivity index (χ3n) is 7.14. The summed E-state index contributed by atoms with van der Waals surface area (Å²) in [6.07, 6.45) is 0.606. The number of carbonyl (C=O) groups is 1. The smallest absolute Gasteiger partial charge is 0.487 e. The van der Waals surface area contributed by atoms with Crippen LogP contribution in [-0.4, -0.2) is 83.7 Å². The lowest BCUT2D eigenvalue weighted by atomic mass is 10.1. The summed E-state index contributed by atoms with van der Waals surface area (Å²) in [5.74, 6) is -0.156. The standard InChI is InChI=1S/C26H31FN6O2.C2HF3O2/c1-17-2-5-22(20(27)16-17)35-19-7-10-32(11-8-19)26-24(29-18-3-4-18)30-21-6-9-28-25(23(21)31-26)33-12-14-34-15-13-33;3-2(4,5)1(6)7/h2,5-6,9,16,18-19H,3-4,7-8,10-15H2,1H3,(H,29,30);(H,6,7). The number of nitrogens with one attached hydrogen (secondary N) is 1. The van der Waals surface area contributed by atoms with Crippen LogP contribution in [0.4, 0.5) is 35.0 Å². The third kappa shape index (κ3) is 7.27. The number of benzene rings is 1. The molecule has 0 unspecified atom stereocenters. The van der Waals surface area contributed by atoms with Crippen molar-refractivity contribution in [3.8, 4) is 5.75 Å². The van der Waals surface area contributed by atoms with Crippen molar-refractivity contribution in [2.24, 2.45) is 0 Å². The Morgan fingerprint density at radius 1 is 1.02 bits per heavy atom. The summed E-state index contributed by atoms with van der Waals surface area (Å²) in [5.41, 5.74) is 2.56. The summed E-state index contributed by atoms with van der Waals surface area (Å²) < 4.78 is 57.6. The summed E-state index contributed by atoms with van der Waals surface area (Å²) in [7, 11) is 0. The fourth-order valence-corrected chi connectivity index (χ4v) is 4.77. The number of aliphatic carboxylic acids is 1. The van der Waals surface area contributed by atoms with Crippen molar-refractivity contribution in [2.45, 2.75) is 50.9 Å². The molecule has 1 aromatic carbocycles. The maximum absolute atomic E-state index is 14.3. The fourth-order valence-electron chi connectivity index (χ4n) is 4.77. The highest BCUT2D eigenvalue weighted by Gasteiger charge is 2.38. The van der Waals surface area contributed by atoms with Crippen LogP contribution in [0.1, 0.15) is 31.2 Å². The zero-order valence-corrected chi connectivity index (χ0v) is 23.0. The number of carboxylic acid groups (broad SMARTS) is 1. The number of hydrogen-bond donors (Lipinski definition) is 2. The normalized spacial score (nSPS) is 17.9. The molecule has 0 bridgehead atoms. The number of fused-ring (bicyclic) bond motifs is 1. The average molecular weight is 593 g/mol. The predicted molar refractivity (Wildman–Crippen MR) is 148 cm³/mol. The molecule has 2 saturated heterocycles. The predicted octanol–water partition coefficient (Wildman–Crippen LogP) is 4.56. The first-order valence-corrected chi connectivity index (χ1v) is 13.8. The van der Waals surface area contributed by atoms with Crippen LogP contribution in [0, 0.1) is 12.7 Å². The van der Waals surface area contributed by atoms with E-state index in [1.54, 1.807) is 6.07 Å². The van der Waals surface area contributed by atoms with Crippen LogP contribution in [0.25, 0.3) is 11.0 Å². The zero-order valence-electron chi connectivity index (χ0n) is 23.0. The topological polar surface area (TPSA) is 113 Å². The molecule has 0 spiro atoms. The number of rotatable bonds is 6. The van der Waals surface area contributed by atoms with Crippen molar-refractivity contribution in [3.63, 3.8) is 0 Å². The molecule has 42 heavy (non-hydrogen) atoms. The molecule has 3 fully saturated rings. The van der Waals surface area contributed by atoms with Gasteiger partial charge >= 0.3 is 12.1 Å². The second kappa shape index (κ2) is 12.5. The van der Waals surface area contributed by atoms with E-state index in [4.69, 9.17) is 29.3 Å². The molecule has 10 nitrogen and oxygen atoms in total. The molecule has 6 rings (SSSR count). The van der Waals surface area contributed by atoms with E-state index in [-0.39, 0.29) is 11.9 Å². The summed E-state index contributed by atoms with van der Waals surface area (Å²) in [5, 5.41) is 10.7. The molecular formula is C28H32F4N6O4. The number of alkyl halides is 3. The summed E-state index contributed by atoms with van der Waals surface area (Å²) in [4.78, 5) is 28.2. The van der Waals surface area contributed by atoms with Gasteiger partial charge in [0.1, 0.15) is 11.6 Å². The maximum Gasteiger partial charge on any atom is 0.490 e. The molecule has 0 amide bonds. The second-order valence-electron chi connectivity index (χ2n) is 10.5. The number of aromatic nitrogens is 3.